The van der Waals surface area contributed by atoms with Crippen molar-refractivity contribution in [2.24, 2.45) is 5.73 Å². The largest absolute Gasteiger partial charge is 0.324 e. The molecule has 0 amide bonds. The Hall–Kier alpha value is 0.270. The molecule has 2 nitrogen and oxygen atoms in total. The Kier molecular flexibility index (Phi) is 6.16. The third-order valence-corrected chi connectivity index (χ3v) is 4.59. The number of likely N-dealkylation sites (N-methyl/N-ethyl adjacent to an activating group) is 1. The minimum Gasteiger partial charge on any atom is -0.324 e. The van der Waals surface area contributed by atoms with Crippen molar-refractivity contribution in [3.05, 3.63) is 0 Å². The molecular weight excluding hydrogens is 216 g/mol. The van der Waals surface area contributed by atoms with E-state index >= 15 is 0 Å². The van der Waals surface area contributed by atoms with E-state index in [1.807, 2.05) is 11.8 Å². The maximum Gasteiger partial charge on any atom is 0.0283 e. The van der Waals surface area contributed by atoms with Crippen molar-refractivity contribution in [3.63, 3.8) is 0 Å². The van der Waals surface area contributed by atoms with Gasteiger partial charge >= 0.3 is 0 Å². The maximum absolute atomic E-state index is 6.50. The molecule has 1 unspecified atom stereocenters. The molecule has 2 N–H and O–H groups in total. The van der Waals surface area contributed by atoms with E-state index in [2.05, 4.69) is 25.1 Å². The molecule has 1 aliphatic rings. The summed E-state index contributed by atoms with van der Waals surface area (Å²) in [6.45, 7) is 3.35. The first-order chi connectivity index (χ1) is 7.61. The predicted molar refractivity (Wildman–Crippen MR) is 75.1 cm³/mol. The van der Waals surface area contributed by atoms with Gasteiger partial charge in [0.25, 0.3) is 0 Å². The average molecular weight is 244 g/mol. The number of rotatable bonds is 6. The molecule has 3 heteroatoms. The monoisotopic (exact) mass is 244 g/mol. The first kappa shape index (κ1) is 14.3. The summed E-state index contributed by atoms with van der Waals surface area (Å²) in [5.41, 5.74) is 6.60. The minimum absolute atomic E-state index is 0.0961. The Labute approximate surface area is 105 Å². The van der Waals surface area contributed by atoms with E-state index in [0.717, 1.165) is 6.54 Å². The van der Waals surface area contributed by atoms with Crippen molar-refractivity contribution in [2.45, 2.75) is 57.0 Å². The predicted octanol–water partition coefficient (Wildman–Crippen LogP) is 2.72. The zero-order chi connectivity index (χ0) is 12.0. The molecule has 1 rings (SSSR count). The molecule has 0 aromatic heterocycles. The molecule has 0 heterocycles. The molecule has 1 atom stereocenters. The van der Waals surface area contributed by atoms with E-state index in [4.69, 9.17) is 5.73 Å². The molecule has 96 valence electrons. The summed E-state index contributed by atoms with van der Waals surface area (Å²) in [6.07, 6.45) is 9.88. The third-order valence-electron chi connectivity index (χ3n) is 3.87. The van der Waals surface area contributed by atoms with Gasteiger partial charge in [-0.2, -0.15) is 11.8 Å². The minimum atomic E-state index is 0.0961. The molecular formula is C13H28N2S. The van der Waals surface area contributed by atoms with Crippen molar-refractivity contribution >= 4 is 11.8 Å². The molecule has 0 radical (unpaired) electrons. The van der Waals surface area contributed by atoms with Gasteiger partial charge in [0.2, 0.25) is 0 Å². The SMILES string of the molecule is CCC(CSC)N(C)CC1(N)CCCCC1. The Morgan fingerprint density at radius 2 is 1.94 bits per heavy atom. The van der Waals surface area contributed by atoms with Gasteiger partial charge in [-0.15, -0.1) is 0 Å². The van der Waals surface area contributed by atoms with Gasteiger partial charge in [-0.05, 0) is 32.6 Å². The Bertz CT molecular complexity index is 190. The fourth-order valence-corrected chi connectivity index (χ4v) is 3.66. The zero-order valence-electron chi connectivity index (χ0n) is 11.2. The lowest BCUT2D eigenvalue weighted by Crippen LogP contribution is -2.53. The lowest BCUT2D eigenvalue weighted by molar-refractivity contribution is 0.164. The van der Waals surface area contributed by atoms with E-state index in [9.17, 15) is 0 Å². The molecule has 1 aliphatic carbocycles. The number of thioether (sulfide) groups is 1. The van der Waals surface area contributed by atoms with Gasteiger partial charge in [-0.3, -0.25) is 0 Å². The van der Waals surface area contributed by atoms with Crippen LogP contribution in [-0.4, -0.2) is 42.1 Å². The summed E-state index contributed by atoms with van der Waals surface area (Å²) >= 11 is 1.94. The van der Waals surface area contributed by atoms with Crippen molar-refractivity contribution in [3.8, 4) is 0 Å². The maximum atomic E-state index is 6.50. The van der Waals surface area contributed by atoms with Crippen LogP contribution in [0.1, 0.15) is 45.4 Å². The van der Waals surface area contributed by atoms with Crippen LogP contribution < -0.4 is 5.73 Å². The summed E-state index contributed by atoms with van der Waals surface area (Å²) < 4.78 is 0. The van der Waals surface area contributed by atoms with Gasteiger partial charge in [0.15, 0.2) is 0 Å². The van der Waals surface area contributed by atoms with Gasteiger partial charge < -0.3 is 10.6 Å². The number of nitrogens with zero attached hydrogens (tertiary/aromatic N) is 1. The van der Waals surface area contributed by atoms with E-state index in [-0.39, 0.29) is 5.54 Å². The molecule has 0 aromatic carbocycles. The van der Waals surface area contributed by atoms with Gasteiger partial charge in [0.1, 0.15) is 0 Å². The van der Waals surface area contributed by atoms with E-state index < -0.39 is 0 Å². The standard InChI is InChI=1S/C13H28N2S/c1-4-12(10-16-3)15(2)11-13(14)8-6-5-7-9-13/h12H,4-11,14H2,1-3H3. The number of nitrogens with two attached hydrogens (primary N) is 1. The lowest BCUT2D eigenvalue weighted by atomic mass is 9.82. The topological polar surface area (TPSA) is 29.3 Å². The van der Waals surface area contributed by atoms with Crippen LogP contribution in [0.4, 0.5) is 0 Å². The van der Waals surface area contributed by atoms with Crippen LogP contribution in [0.5, 0.6) is 0 Å². The quantitative estimate of drug-likeness (QED) is 0.779. The average Bonchev–Trinajstić information content (AvgIpc) is 2.26. The molecule has 0 spiro atoms. The van der Waals surface area contributed by atoms with Crippen molar-refractivity contribution in [1.29, 1.82) is 0 Å². The molecule has 1 fully saturated rings. The molecule has 0 saturated heterocycles. The van der Waals surface area contributed by atoms with Gasteiger partial charge in [-0.1, -0.05) is 26.2 Å². The Balaban J connectivity index is 2.43. The van der Waals surface area contributed by atoms with Crippen LogP contribution in [0, 0.1) is 0 Å². The van der Waals surface area contributed by atoms with Crippen LogP contribution in [0.2, 0.25) is 0 Å². The summed E-state index contributed by atoms with van der Waals surface area (Å²) in [4.78, 5) is 2.49. The fourth-order valence-electron chi connectivity index (χ4n) is 2.79. The van der Waals surface area contributed by atoms with Crippen LogP contribution in [-0.2, 0) is 0 Å². The van der Waals surface area contributed by atoms with E-state index in [1.54, 1.807) is 0 Å². The van der Waals surface area contributed by atoms with E-state index in [1.165, 1.54) is 44.3 Å². The second-order valence-electron chi connectivity index (χ2n) is 5.36. The molecule has 0 bridgehead atoms. The fraction of sp³-hybridized carbons (Fsp3) is 1.00. The first-order valence-corrected chi connectivity index (χ1v) is 7.99. The first-order valence-electron chi connectivity index (χ1n) is 6.59. The molecule has 16 heavy (non-hydrogen) atoms. The molecule has 0 aromatic rings. The van der Waals surface area contributed by atoms with Crippen LogP contribution in [0.25, 0.3) is 0 Å². The zero-order valence-corrected chi connectivity index (χ0v) is 12.0. The highest BCUT2D eigenvalue weighted by atomic mass is 32.2. The second-order valence-corrected chi connectivity index (χ2v) is 6.27. The van der Waals surface area contributed by atoms with Crippen LogP contribution >= 0.6 is 11.8 Å². The summed E-state index contributed by atoms with van der Waals surface area (Å²) in [5, 5.41) is 0. The van der Waals surface area contributed by atoms with Crippen molar-refractivity contribution in [2.75, 3.05) is 25.6 Å². The Morgan fingerprint density at radius 1 is 1.31 bits per heavy atom. The summed E-state index contributed by atoms with van der Waals surface area (Å²) in [5.74, 6) is 1.23. The number of hydrogen-bond donors (Lipinski definition) is 1. The highest BCUT2D eigenvalue weighted by Crippen LogP contribution is 2.27. The van der Waals surface area contributed by atoms with Gasteiger partial charge in [0.05, 0.1) is 0 Å². The highest BCUT2D eigenvalue weighted by Gasteiger charge is 2.30. The Morgan fingerprint density at radius 3 is 2.44 bits per heavy atom. The lowest BCUT2D eigenvalue weighted by Gasteiger charge is -2.39. The second kappa shape index (κ2) is 6.87. The summed E-state index contributed by atoms with van der Waals surface area (Å²) in [6, 6.07) is 0.692. The van der Waals surface area contributed by atoms with Crippen molar-refractivity contribution in [1.82, 2.24) is 4.90 Å². The van der Waals surface area contributed by atoms with Crippen LogP contribution in [0.15, 0.2) is 0 Å². The molecule has 0 aliphatic heterocycles. The summed E-state index contributed by atoms with van der Waals surface area (Å²) in [7, 11) is 2.24. The highest BCUT2D eigenvalue weighted by molar-refractivity contribution is 7.98. The number of hydrogen-bond acceptors (Lipinski definition) is 3. The molecule has 1 saturated carbocycles. The third kappa shape index (κ3) is 4.27. The van der Waals surface area contributed by atoms with E-state index in [0.29, 0.717) is 6.04 Å². The smallest absolute Gasteiger partial charge is 0.0283 e. The van der Waals surface area contributed by atoms with Crippen LogP contribution in [0.3, 0.4) is 0 Å². The normalized spacial score (nSPS) is 22.3. The van der Waals surface area contributed by atoms with Gasteiger partial charge in [0, 0.05) is 23.9 Å². The van der Waals surface area contributed by atoms with Crippen molar-refractivity contribution < 1.29 is 0 Å². The van der Waals surface area contributed by atoms with Gasteiger partial charge in [-0.25, -0.2) is 0 Å².